The number of amides is 2. The van der Waals surface area contributed by atoms with E-state index in [1.54, 1.807) is 0 Å². The normalized spacial score (nSPS) is 21.3. The fourth-order valence-electron chi connectivity index (χ4n) is 3.42. The van der Waals surface area contributed by atoms with Crippen LogP contribution in [0.3, 0.4) is 0 Å². The van der Waals surface area contributed by atoms with E-state index in [0.717, 1.165) is 9.58 Å². The summed E-state index contributed by atoms with van der Waals surface area (Å²) in [5, 5.41) is 14.8. The lowest BCUT2D eigenvalue weighted by molar-refractivity contribution is -0.151. The number of carboxylic acid groups (broad SMARTS) is 1. The number of fused-ring (bicyclic) bond motifs is 1. The molecule has 2 N–H and O–H groups in total. The van der Waals surface area contributed by atoms with Crippen LogP contribution >= 0.6 is 27.7 Å². The lowest BCUT2D eigenvalue weighted by Gasteiger charge is -2.49. The number of carbonyl (C=O) groups is 4. The Bertz CT molecular complexity index is 1070. The molecule has 1 aromatic rings. The van der Waals surface area contributed by atoms with Crippen molar-refractivity contribution in [2.45, 2.75) is 44.4 Å². The topological polar surface area (TPSA) is 131 Å². The van der Waals surface area contributed by atoms with Gasteiger partial charge in [0.25, 0.3) is 5.91 Å². The molecule has 1 saturated heterocycles. The van der Waals surface area contributed by atoms with Gasteiger partial charge in [-0.2, -0.15) is 18.3 Å². The van der Waals surface area contributed by atoms with Gasteiger partial charge in [-0.1, -0.05) is 0 Å². The highest BCUT2D eigenvalue weighted by atomic mass is 79.9. The molecule has 180 valence electrons. The summed E-state index contributed by atoms with van der Waals surface area (Å²) in [6, 6.07) is -2.25. The molecule has 0 aromatic carbocycles. The largest absolute Gasteiger partial charge is 0.477 e. The summed E-state index contributed by atoms with van der Waals surface area (Å²) < 4.78 is 44.8. The Labute approximate surface area is 197 Å². The Morgan fingerprint density at radius 2 is 2.03 bits per heavy atom. The van der Waals surface area contributed by atoms with Crippen LogP contribution in [0.25, 0.3) is 0 Å². The number of halogens is 4. The van der Waals surface area contributed by atoms with E-state index < -0.39 is 53.1 Å². The molecule has 0 radical (unpaired) electrons. The fraction of sp³-hybridized carbons (Fsp3) is 0.500. The number of ether oxygens (including phenoxy) is 1. The SMILES string of the molecule is CC(=O)OCC1=C(C(=O)O)N2C(=O)[C@H](NC(=O)[C@H](C)n3nc(C(F)(F)F)c(Br)c3C)[C@H]2SC1. The molecule has 33 heavy (non-hydrogen) atoms. The molecule has 0 aliphatic carbocycles. The number of β-lactam (4-membered cyclic amide) rings is 1. The molecule has 15 heteroatoms. The number of hydrogen-bond acceptors (Lipinski definition) is 7. The lowest BCUT2D eigenvalue weighted by atomic mass is 10.0. The molecular weight excluding hydrogens is 537 g/mol. The molecule has 3 heterocycles. The third kappa shape index (κ3) is 4.60. The van der Waals surface area contributed by atoms with Gasteiger partial charge in [0, 0.05) is 18.2 Å². The van der Waals surface area contributed by atoms with Crippen LogP contribution in [0.1, 0.15) is 31.3 Å². The van der Waals surface area contributed by atoms with Crippen molar-refractivity contribution in [2.75, 3.05) is 12.4 Å². The van der Waals surface area contributed by atoms with Gasteiger partial charge < -0.3 is 15.2 Å². The van der Waals surface area contributed by atoms with Crippen LogP contribution in [-0.2, 0) is 30.1 Å². The van der Waals surface area contributed by atoms with E-state index in [0.29, 0.717) is 0 Å². The van der Waals surface area contributed by atoms with Crippen molar-refractivity contribution in [3.63, 3.8) is 0 Å². The molecular formula is C18H18BrF3N4O6S. The Balaban J connectivity index is 1.76. The van der Waals surface area contributed by atoms with Crippen LogP contribution in [0.2, 0.25) is 0 Å². The first-order valence-corrected chi connectivity index (χ1v) is 11.2. The molecule has 1 fully saturated rings. The zero-order chi connectivity index (χ0) is 24.8. The zero-order valence-electron chi connectivity index (χ0n) is 17.4. The van der Waals surface area contributed by atoms with Gasteiger partial charge in [0.05, 0.1) is 10.2 Å². The summed E-state index contributed by atoms with van der Waals surface area (Å²) in [4.78, 5) is 49.1. The quantitative estimate of drug-likeness (QED) is 0.402. The van der Waals surface area contributed by atoms with Gasteiger partial charge in [-0.3, -0.25) is 24.0 Å². The van der Waals surface area contributed by atoms with E-state index in [4.69, 9.17) is 4.74 Å². The first kappa shape index (κ1) is 25.1. The molecule has 0 bridgehead atoms. The number of nitrogens with zero attached hydrogens (tertiary/aromatic N) is 3. The van der Waals surface area contributed by atoms with E-state index in [1.165, 1.54) is 32.5 Å². The molecule has 2 amide bonds. The van der Waals surface area contributed by atoms with E-state index >= 15 is 0 Å². The van der Waals surface area contributed by atoms with Gasteiger partial charge in [-0.25, -0.2) is 4.79 Å². The minimum atomic E-state index is -4.72. The van der Waals surface area contributed by atoms with E-state index in [2.05, 4.69) is 26.3 Å². The molecule has 2 aliphatic rings. The first-order chi connectivity index (χ1) is 15.3. The van der Waals surface area contributed by atoms with Crippen molar-refractivity contribution in [1.29, 1.82) is 0 Å². The molecule has 0 saturated carbocycles. The average Bonchev–Trinajstić information content (AvgIpc) is 3.03. The number of carboxylic acids is 1. The van der Waals surface area contributed by atoms with Crippen LogP contribution in [0.5, 0.6) is 0 Å². The van der Waals surface area contributed by atoms with Crippen molar-refractivity contribution in [3.8, 4) is 0 Å². The maximum Gasteiger partial charge on any atom is 0.436 e. The third-order valence-electron chi connectivity index (χ3n) is 5.09. The monoisotopic (exact) mass is 554 g/mol. The van der Waals surface area contributed by atoms with Crippen molar-refractivity contribution in [3.05, 3.63) is 27.1 Å². The summed E-state index contributed by atoms with van der Waals surface area (Å²) in [7, 11) is 0. The molecule has 0 spiro atoms. The Hall–Kier alpha value is -2.55. The number of rotatable bonds is 6. The zero-order valence-corrected chi connectivity index (χ0v) is 19.8. The van der Waals surface area contributed by atoms with E-state index in [-0.39, 0.29) is 33.8 Å². The second-order valence-electron chi connectivity index (χ2n) is 7.30. The predicted octanol–water partition coefficient (Wildman–Crippen LogP) is 1.84. The minimum Gasteiger partial charge on any atom is -0.477 e. The fourth-order valence-corrected chi connectivity index (χ4v) is 5.24. The van der Waals surface area contributed by atoms with Crippen LogP contribution in [0, 0.1) is 6.92 Å². The summed E-state index contributed by atoms with van der Waals surface area (Å²) in [5.41, 5.74) is -1.18. The van der Waals surface area contributed by atoms with Gasteiger partial charge in [0.15, 0.2) is 5.69 Å². The Morgan fingerprint density at radius 3 is 2.55 bits per heavy atom. The number of nitrogens with one attached hydrogen (secondary N) is 1. The van der Waals surface area contributed by atoms with Crippen LogP contribution < -0.4 is 5.32 Å². The minimum absolute atomic E-state index is 0.0739. The maximum atomic E-state index is 13.1. The standard InChI is InChI=1S/C18H18BrF3N4O6S/c1-6-10(19)13(18(20,21)22)24-26(6)7(2)14(28)23-11-15(29)25-12(17(30)31)9(4-32-8(3)27)5-33-16(11)25/h7,11,16H,4-5H2,1-3H3,(H,23,28)(H,30,31)/t7-,11-,16+/m0/s1. The summed E-state index contributed by atoms with van der Waals surface area (Å²) in [6.07, 6.45) is -4.72. The summed E-state index contributed by atoms with van der Waals surface area (Å²) >= 11 is 4.01. The molecule has 0 unspecified atom stereocenters. The van der Waals surface area contributed by atoms with Gasteiger partial charge in [-0.15, -0.1) is 11.8 Å². The molecule has 10 nitrogen and oxygen atoms in total. The van der Waals surface area contributed by atoms with E-state index in [9.17, 15) is 37.5 Å². The highest BCUT2D eigenvalue weighted by Gasteiger charge is 2.54. The van der Waals surface area contributed by atoms with Crippen LogP contribution in [-0.4, -0.2) is 67.3 Å². The highest BCUT2D eigenvalue weighted by molar-refractivity contribution is 9.10. The van der Waals surface area contributed by atoms with Gasteiger partial charge in [0.2, 0.25) is 5.91 Å². The Morgan fingerprint density at radius 1 is 1.39 bits per heavy atom. The molecule has 1 aromatic heterocycles. The number of aliphatic carboxylic acids is 1. The van der Waals surface area contributed by atoms with Crippen molar-refractivity contribution < 1.29 is 42.2 Å². The van der Waals surface area contributed by atoms with Crippen LogP contribution in [0.15, 0.2) is 15.7 Å². The van der Waals surface area contributed by atoms with Gasteiger partial charge >= 0.3 is 18.1 Å². The first-order valence-electron chi connectivity index (χ1n) is 9.41. The highest BCUT2D eigenvalue weighted by Crippen LogP contribution is 2.41. The second-order valence-corrected chi connectivity index (χ2v) is 9.20. The Kier molecular flexibility index (Phi) is 6.84. The average molecular weight is 555 g/mol. The molecule has 2 aliphatic heterocycles. The third-order valence-corrected chi connectivity index (χ3v) is 7.38. The predicted molar refractivity (Wildman–Crippen MR) is 111 cm³/mol. The smallest absolute Gasteiger partial charge is 0.436 e. The summed E-state index contributed by atoms with van der Waals surface area (Å²) in [6.45, 7) is 3.57. The summed E-state index contributed by atoms with van der Waals surface area (Å²) in [5.74, 6) is -3.30. The number of carbonyl (C=O) groups excluding carboxylic acids is 3. The van der Waals surface area contributed by atoms with E-state index in [1.807, 2.05) is 0 Å². The second kappa shape index (κ2) is 9.00. The van der Waals surface area contributed by atoms with Crippen molar-refractivity contribution >= 4 is 51.4 Å². The van der Waals surface area contributed by atoms with Crippen LogP contribution in [0.4, 0.5) is 13.2 Å². The number of aromatic nitrogens is 2. The lowest BCUT2D eigenvalue weighted by Crippen LogP contribution is -2.71. The van der Waals surface area contributed by atoms with Gasteiger partial charge in [0.1, 0.15) is 29.8 Å². The molecule has 3 atom stereocenters. The van der Waals surface area contributed by atoms with Crippen molar-refractivity contribution in [2.24, 2.45) is 0 Å². The number of hydrogen-bond donors (Lipinski definition) is 2. The number of alkyl halides is 3. The maximum absolute atomic E-state index is 13.1. The number of thioether (sulfide) groups is 1. The van der Waals surface area contributed by atoms with Crippen molar-refractivity contribution in [1.82, 2.24) is 20.0 Å². The number of esters is 1. The van der Waals surface area contributed by atoms with Gasteiger partial charge in [-0.05, 0) is 29.8 Å². The molecule has 3 rings (SSSR count).